The first kappa shape index (κ1) is 18.3. The molecule has 0 unspecified atom stereocenters. The van der Waals surface area contributed by atoms with Gasteiger partial charge in [-0.05, 0) is 62.2 Å². The Morgan fingerprint density at radius 1 is 1.22 bits per heavy atom. The van der Waals surface area contributed by atoms with E-state index in [-0.39, 0.29) is 0 Å². The van der Waals surface area contributed by atoms with E-state index < -0.39 is 0 Å². The third kappa shape index (κ3) is 6.14. The molecule has 0 aliphatic carbocycles. The highest BCUT2D eigenvalue weighted by Crippen LogP contribution is 2.20. The average Bonchev–Trinajstić information content (AvgIpc) is 3.04. The van der Waals surface area contributed by atoms with Gasteiger partial charge in [0.05, 0.1) is 6.54 Å². The number of thiocarbonyl (C=S) groups is 1. The van der Waals surface area contributed by atoms with Crippen molar-refractivity contribution in [2.75, 3.05) is 38.8 Å². The van der Waals surface area contributed by atoms with Gasteiger partial charge in [0.2, 0.25) is 0 Å². The van der Waals surface area contributed by atoms with Crippen LogP contribution in [-0.2, 0) is 6.54 Å². The number of hydrogen-bond donors (Lipinski definition) is 1. The van der Waals surface area contributed by atoms with Gasteiger partial charge in [0.15, 0.2) is 5.11 Å². The molecule has 0 amide bonds. The van der Waals surface area contributed by atoms with Gasteiger partial charge in [0, 0.05) is 28.5 Å². The van der Waals surface area contributed by atoms with Crippen LogP contribution in [0.5, 0.6) is 0 Å². The average molecular weight is 366 g/mol. The minimum absolute atomic E-state index is 0.776. The molecule has 0 atom stereocenters. The van der Waals surface area contributed by atoms with E-state index >= 15 is 0 Å². The molecule has 1 aromatic heterocycles. The van der Waals surface area contributed by atoms with Crippen molar-refractivity contribution >= 4 is 46.1 Å². The smallest absolute Gasteiger partial charge is 0.173 e. The highest BCUT2D eigenvalue weighted by atomic mass is 32.2. The monoisotopic (exact) mass is 365 g/mol. The van der Waals surface area contributed by atoms with E-state index in [1.165, 1.54) is 9.77 Å². The SMILES string of the molecule is CSc1cccc(NC(=S)N(CCN(C)C)Cc2cccs2)c1. The van der Waals surface area contributed by atoms with Crippen LogP contribution in [0.3, 0.4) is 0 Å². The minimum atomic E-state index is 0.776. The normalized spacial score (nSPS) is 10.8. The lowest BCUT2D eigenvalue weighted by Crippen LogP contribution is -2.38. The number of likely N-dealkylation sites (N-methyl/N-ethyl adjacent to an activating group) is 1. The van der Waals surface area contributed by atoms with Crippen LogP contribution in [0.4, 0.5) is 5.69 Å². The number of benzene rings is 1. The van der Waals surface area contributed by atoms with Gasteiger partial charge < -0.3 is 15.1 Å². The van der Waals surface area contributed by atoms with Gasteiger partial charge >= 0.3 is 0 Å². The summed E-state index contributed by atoms with van der Waals surface area (Å²) < 4.78 is 0. The molecule has 0 saturated heterocycles. The number of thiophene rings is 1. The molecule has 2 aromatic rings. The lowest BCUT2D eigenvalue weighted by molar-refractivity contribution is 0.329. The Morgan fingerprint density at radius 3 is 2.70 bits per heavy atom. The van der Waals surface area contributed by atoms with Gasteiger partial charge in [0.25, 0.3) is 0 Å². The summed E-state index contributed by atoms with van der Waals surface area (Å²) in [5.74, 6) is 0. The summed E-state index contributed by atoms with van der Waals surface area (Å²) in [5, 5.41) is 6.27. The maximum Gasteiger partial charge on any atom is 0.173 e. The van der Waals surface area contributed by atoms with Crippen molar-refractivity contribution in [1.29, 1.82) is 0 Å². The second-order valence-electron chi connectivity index (χ2n) is 5.47. The van der Waals surface area contributed by atoms with E-state index in [4.69, 9.17) is 12.2 Å². The predicted molar refractivity (Wildman–Crippen MR) is 108 cm³/mol. The molecule has 0 fully saturated rings. The fraction of sp³-hybridized carbons (Fsp3) is 0.353. The summed E-state index contributed by atoms with van der Waals surface area (Å²) in [6.45, 7) is 2.72. The van der Waals surface area contributed by atoms with Gasteiger partial charge in [-0.25, -0.2) is 0 Å². The number of nitrogens with zero attached hydrogens (tertiary/aromatic N) is 2. The van der Waals surface area contributed by atoms with Crippen molar-refractivity contribution in [2.24, 2.45) is 0 Å². The highest BCUT2D eigenvalue weighted by molar-refractivity contribution is 7.98. The quantitative estimate of drug-likeness (QED) is 0.583. The van der Waals surface area contributed by atoms with Gasteiger partial charge in [-0.2, -0.15) is 0 Å². The maximum absolute atomic E-state index is 5.66. The zero-order valence-electron chi connectivity index (χ0n) is 13.8. The molecule has 3 nitrogen and oxygen atoms in total. The van der Waals surface area contributed by atoms with Crippen LogP contribution in [0, 0.1) is 0 Å². The third-order valence-corrected chi connectivity index (χ3v) is 5.30. The first-order chi connectivity index (χ1) is 11.1. The van der Waals surface area contributed by atoms with Gasteiger partial charge in [-0.1, -0.05) is 12.1 Å². The predicted octanol–water partition coefficient (Wildman–Crippen LogP) is 4.23. The summed E-state index contributed by atoms with van der Waals surface area (Å²) in [5.41, 5.74) is 1.04. The van der Waals surface area contributed by atoms with Crippen molar-refractivity contribution in [3.63, 3.8) is 0 Å². The van der Waals surface area contributed by atoms with Gasteiger partial charge in [0.1, 0.15) is 0 Å². The highest BCUT2D eigenvalue weighted by Gasteiger charge is 2.12. The van der Waals surface area contributed by atoms with Crippen molar-refractivity contribution in [2.45, 2.75) is 11.4 Å². The zero-order chi connectivity index (χ0) is 16.7. The standard InChI is InChI=1S/C17H23N3S3/c1-19(2)9-10-20(13-16-8-5-11-23-16)17(21)18-14-6-4-7-15(12-14)22-3/h4-8,11-12H,9-10,13H2,1-3H3,(H,18,21). The molecule has 0 spiro atoms. The largest absolute Gasteiger partial charge is 0.343 e. The summed E-state index contributed by atoms with van der Waals surface area (Å²) >= 11 is 9.16. The summed E-state index contributed by atoms with van der Waals surface area (Å²) in [6, 6.07) is 12.6. The van der Waals surface area contributed by atoms with Crippen LogP contribution in [0.2, 0.25) is 0 Å². The Balaban J connectivity index is 2.04. The van der Waals surface area contributed by atoms with Crippen molar-refractivity contribution < 1.29 is 0 Å². The van der Waals surface area contributed by atoms with Crippen LogP contribution >= 0.6 is 35.3 Å². The van der Waals surface area contributed by atoms with E-state index in [2.05, 4.69) is 77.2 Å². The fourth-order valence-electron chi connectivity index (χ4n) is 2.07. The molecular weight excluding hydrogens is 342 g/mol. The Morgan fingerprint density at radius 2 is 2.04 bits per heavy atom. The topological polar surface area (TPSA) is 18.5 Å². The van der Waals surface area contributed by atoms with E-state index in [1.807, 2.05) is 0 Å². The summed E-state index contributed by atoms with van der Waals surface area (Å²) in [4.78, 5) is 6.97. The first-order valence-electron chi connectivity index (χ1n) is 7.45. The fourth-order valence-corrected chi connectivity index (χ4v) is 3.52. The summed E-state index contributed by atoms with van der Waals surface area (Å²) in [6.07, 6.45) is 2.08. The second kappa shape index (κ2) is 9.27. The van der Waals surface area contributed by atoms with Crippen LogP contribution in [0.15, 0.2) is 46.7 Å². The Hall–Kier alpha value is -1.08. The Labute approximate surface area is 152 Å². The molecule has 0 aliphatic rings. The lowest BCUT2D eigenvalue weighted by atomic mass is 10.3. The van der Waals surface area contributed by atoms with Crippen LogP contribution < -0.4 is 5.32 Å². The molecule has 2 rings (SSSR count). The van der Waals surface area contributed by atoms with E-state index in [0.717, 1.165) is 30.4 Å². The molecule has 23 heavy (non-hydrogen) atoms. The lowest BCUT2D eigenvalue weighted by Gasteiger charge is -2.27. The van der Waals surface area contributed by atoms with E-state index in [1.54, 1.807) is 23.1 Å². The van der Waals surface area contributed by atoms with Crippen LogP contribution in [0.1, 0.15) is 4.88 Å². The number of rotatable bonds is 7. The number of hydrogen-bond acceptors (Lipinski definition) is 4. The number of nitrogens with one attached hydrogen (secondary N) is 1. The van der Waals surface area contributed by atoms with E-state index in [0.29, 0.717) is 0 Å². The first-order valence-corrected chi connectivity index (χ1v) is 9.97. The van der Waals surface area contributed by atoms with E-state index in [9.17, 15) is 0 Å². The molecule has 1 N–H and O–H groups in total. The molecule has 0 bridgehead atoms. The third-order valence-electron chi connectivity index (χ3n) is 3.35. The number of thioether (sulfide) groups is 1. The zero-order valence-corrected chi connectivity index (χ0v) is 16.2. The van der Waals surface area contributed by atoms with Gasteiger partial charge in [-0.15, -0.1) is 23.1 Å². The van der Waals surface area contributed by atoms with Crippen LogP contribution in [0.25, 0.3) is 0 Å². The van der Waals surface area contributed by atoms with Crippen molar-refractivity contribution in [3.05, 3.63) is 46.7 Å². The Kier molecular flexibility index (Phi) is 7.36. The summed E-state index contributed by atoms with van der Waals surface area (Å²) in [7, 11) is 4.17. The minimum Gasteiger partial charge on any atom is -0.343 e. The molecule has 6 heteroatoms. The molecule has 0 saturated carbocycles. The van der Waals surface area contributed by atoms with Crippen molar-refractivity contribution in [3.8, 4) is 0 Å². The number of anilines is 1. The van der Waals surface area contributed by atoms with Gasteiger partial charge in [-0.3, -0.25) is 0 Å². The second-order valence-corrected chi connectivity index (χ2v) is 7.76. The maximum atomic E-state index is 5.66. The molecule has 1 aromatic carbocycles. The Bertz CT molecular complexity index is 611. The molecular formula is C17H23N3S3. The molecule has 0 radical (unpaired) electrons. The van der Waals surface area contributed by atoms with Crippen LogP contribution in [-0.4, -0.2) is 48.4 Å². The molecule has 1 heterocycles. The molecule has 0 aliphatic heterocycles. The van der Waals surface area contributed by atoms with Crippen molar-refractivity contribution in [1.82, 2.24) is 9.80 Å². The molecule has 124 valence electrons.